The van der Waals surface area contributed by atoms with Crippen molar-refractivity contribution in [1.29, 1.82) is 0 Å². The molecule has 1 amide bonds. The van der Waals surface area contributed by atoms with Gasteiger partial charge >= 0.3 is 6.18 Å². The fraction of sp³-hybridized carbons (Fsp3) is 0.542. The number of likely N-dealkylation sites (tertiary alicyclic amines) is 1. The number of alkyl halides is 3. The zero-order chi connectivity index (χ0) is 23.8. The standard InChI is InChI=1S/C24H30F3N3O3.H2/c1-4-16(2)33-18-6-5-17(15-19(18)32-3)22(31)29-12-9-23(10-13-29)20-7-8-21(24(25,26)27)30(20)14-11-28-23;/h5-8,15-16,28H,4,9-14H2,1-3H3;1H. The van der Waals surface area contributed by atoms with Crippen LogP contribution < -0.4 is 14.8 Å². The number of aromatic nitrogens is 1. The summed E-state index contributed by atoms with van der Waals surface area (Å²) < 4.78 is 52.8. The summed E-state index contributed by atoms with van der Waals surface area (Å²) in [4.78, 5) is 14.9. The quantitative estimate of drug-likeness (QED) is 0.694. The lowest BCUT2D eigenvalue weighted by Gasteiger charge is -2.45. The normalized spacial score (nSPS) is 18.7. The Labute approximate surface area is 193 Å². The topological polar surface area (TPSA) is 55.7 Å². The number of amides is 1. The Balaban J connectivity index is 0.00000324. The number of halogens is 3. The van der Waals surface area contributed by atoms with Crippen molar-refractivity contribution in [2.75, 3.05) is 26.7 Å². The minimum atomic E-state index is -4.38. The number of methoxy groups -OCH3 is 1. The fourth-order valence-electron chi connectivity index (χ4n) is 4.78. The van der Waals surface area contributed by atoms with Gasteiger partial charge in [-0.1, -0.05) is 6.92 Å². The number of piperidine rings is 1. The van der Waals surface area contributed by atoms with E-state index in [0.29, 0.717) is 55.2 Å². The van der Waals surface area contributed by atoms with Crippen molar-refractivity contribution in [3.8, 4) is 11.5 Å². The van der Waals surface area contributed by atoms with Crippen LogP contribution in [-0.4, -0.2) is 48.2 Å². The third-order valence-electron chi connectivity index (χ3n) is 6.78. The molecule has 1 saturated heterocycles. The average molecular weight is 468 g/mol. The van der Waals surface area contributed by atoms with Crippen LogP contribution in [0.3, 0.4) is 0 Å². The van der Waals surface area contributed by atoms with E-state index in [9.17, 15) is 18.0 Å². The molecule has 0 bridgehead atoms. The highest BCUT2D eigenvalue weighted by molar-refractivity contribution is 5.95. The minimum Gasteiger partial charge on any atom is -0.493 e. The maximum atomic E-state index is 13.4. The molecule has 0 saturated carbocycles. The van der Waals surface area contributed by atoms with Crippen LogP contribution in [0.15, 0.2) is 30.3 Å². The molecule has 1 aromatic heterocycles. The van der Waals surface area contributed by atoms with Crippen molar-refractivity contribution >= 4 is 5.91 Å². The molecular weight excluding hydrogens is 435 g/mol. The summed E-state index contributed by atoms with van der Waals surface area (Å²) in [6, 6.07) is 7.90. The largest absolute Gasteiger partial charge is 0.493 e. The van der Waals surface area contributed by atoms with Gasteiger partial charge < -0.3 is 24.3 Å². The van der Waals surface area contributed by atoms with Crippen LogP contribution in [0.25, 0.3) is 0 Å². The molecule has 4 rings (SSSR count). The molecule has 1 atom stereocenters. The van der Waals surface area contributed by atoms with E-state index in [4.69, 9.17) is 9.47 Å². The lowest BCUT2D eigenvalue weighted by Crippen LogP contribution is -2.56. The van der Waals surface area contributed by atoms with Gasteiger partial charge in [-0.3, -0.25) is 4.79 Å². The number of ether oxygens (including phenoxy) is 2. The minimum absolute atomic E-state index is 0. The van der Waals surface area contributed by atoms with Crippen LogP contribution >= 0.6 is 0 Å². The summed E-state index contributed by atoms with van der Waals surface area (Å²) >= 11 is 0. The molecule has 3 heterocycles. The van der Waals surface area contributed by atoms with Crippen molar-refractivity contribution in [3.63, 3.8) is 0 Å². The summed E-state index contributed by atoms with van der Waals surface area (Å²) in [7, 11) is 1.54. The molecule has 1 unspecified atom stereocenters. The Morgan fingerprint density at radius 2 is 1.91 bits per heavy atom. The first-order valence-corrected chi connectivity index (χ1v) is 11.3. The highest BCUT2D eigenvalue weighted by Gasteiger charge is 2.44. The Morgan fingerprint density at radius 1 is 1.18 bits per heavy atom. The number of rotatable bonds is 5. The molecule has 0 aliphatic carbocycles. The summed E-state index contributed by atoms with van der Waals surface area (Å²) in [5.41, 5.74) is -0.00629. The van der Waals surface area contributed by atoms with E-state index in [1.54, 1.807) is 29.2 Å². The number of nitrogens with zero attached hydrogens (tertiary/aromatic N) is 2. The van der Waals surface area contributed by atoms with E-state index in [1.807, 2.05) is 13.8 Å². The van der Waals surface area contributed by atoms with Crippen LogP contribution in [-0.2, 0) is 18.3 Å². The third-order valence-corrected chi connectivity index (χ3v) is 6.78. The molecule has 182 valence electrons. The van der Waals surface area contributed by atoms with Gasteiger partial charge in [-0.2, -0.15) is 13.2 Å². The van der Waals surface area contributed by atoms with Gasteiger partial charge in [0.25, 0.3) is 5.91 Å². The van der Waals surface area contributed by atoms with Crippen molar-refractivity contribution in [2.45, 2.75) is 57.5 Å². The summed E-state index contributed by atoms with van der Waals surface area (Å²) in [5.74, 6) is 0.968. The molecule has 2 aromatic rings. The third kappa shape index (κ3) is 4.43. The molecule has 2 aliphatic heterocycles. The van der Waals surface area contributed by atoms with E-state index in [1.165, 1.54) is 11.7 Å². The zero-order valence-electron chi connectivity index (χ0n) is 19.2. The first-order valence-electron chi connectivity index (χ1n) is 11.3. The molecule has 1 spiro atoms. The molecule has 6 nitrogen and oxygen atoms in total. The molecule has 33 heavy (non-hydrogen) atoms. The van der Waals surface area contributed by atoms with Gasteiger partial charge in [0.2, 0.25) is 0 Å². The van der Waals surface area contributed by atoms with Gasteiger partial charge in [-0.05, 0) is 56.5 Å². The van der Waals surface area contributed by atoms with Gasteiger partial charge in [-0.15, -0.1) is 0 Å². The van der Waals surface area contributed by atoms with E-state index < -0.39 is 17.4 Å². The maximum absolute atomic E-state index is 13.4. The van der Waals surface area contributed by atoms with Gasteiger partial charge in [0.1, 0.15) is 5.69 Å². The molecule has 1 fully saturated rings. The second-order valence-corrected chi connectivity index (χ2v) is 8.76. The molecule has 1 aromatic carbocycles. The first kappa shape index (κ1) is 23.5. The van der Waals surface area contributed by atoms with Crippen LogP contribution in [0.5, 0.6) is 11.5 Å². The maximum Gasteiger partial charge on any atom is 0.431 e. The number of nitrogens with one attached hydrogen (secondary N) is 1. The van der Waals surface area contributed by atoms with Crippen LogP contribution in [0.4, 0.5) is 13.2 Å². The second kappa shape index (κ2) is 8.93. The SMILES string of the molecule is CCC(C)Oc1ccc(C(=O)N2CCC3(CC2)NCCn2c(C(F)(F)F)ccc23)cc1OC.[HH]. The highest BCUT2D eigenvalue weighted by atomic mass is 19.4. The van der Waals surface area contributed by atoms with E-state index in [-0.39, 0.29) is 20.0 Å². The van der Waals surface area contributed by atoms with Crippen molar-refractivity contribution in [3.05, 3.63) is 47.3 Å². The molecule has 0 radical (unpaired) electrons. The number of fused-ring (bicyclic) bond motifs is 2. The summed E-state index contributed by atoms with van der Waals surface area (Å²) in [6.07, 6.45) is -2.41. The molecular formula is C24H32F3N3O3. The first-order chi connectivity index (χ1) is 15.7. The summed E-state index contributed by atoms with van der Waals surface area (Å²) in [6.45, 7) is 5.65. The molecule has 1 N–H and O–H groups in total. The van der Waals surface area contributed by atoms with Gasteiger partial charge in [0.05, 0.1) is 18.8 Å². The van der Waals surface area contributed by atoms with E-state index >= 15 is 0 Å². The number of hydrogen-bond donors (Lipinski definition) is 1. The monoisotopic (exact) mass is 467 g/mol. The van der Waals surface area contributed by atoms with E-state index in [2.05, 4.69) is 5.32 Å². The van der Waals surface area contributed by atoms with Gasteiger partial charge in [0, 0.05) is 38.9 Å². The zero-order valence-corrected chi connectivity index (χ0v) is 19.2. The Hall–Kier alpha value is -2.68. The smallest absolute Gasteiger partial charge is 0.431 e. The van der Waals surface area contributed by atoms with Crippen LogP contribution in [0.2, 0.25) is 0 Å². The Bertz CT molecular complexity index is 1020. The average Bonchev–Trinajstić information content (AvgIpc) is 3.26. The number of carbonyl (C=O) groups is 1. The van der Waals surface area contributed by atoms with Crippen molar-refractivity contribution in [1.82, 2.24) is 14.8 Å². The molecule has 2 aliphatic rings. The van der Waals surface area contributed by atoms with Gasteiger partial charge in [-0.25, -0.2) is 0 Å². The predicted molar refractivity (Wildman–Crippen MR) is 120 cm³/mol. The van der Waals surface area contributed by atoms with Crippen molar-refractivity contribution in [2.24, 2.45) is 0 Å². The number of hydrogen-bond acceptors (Lipinski definition) is 4. The fourth-order valence-corrected chi connectivity index (χ4v) is 4.78. The summed E-state index contributed by atoms with van der Waals surface area (Å²) in [5, 5.41) is 3.44. The Morgan fingerprint density at radius 3 is 2.55 bits per heavy atom. The Kier molecular flexibility index (Phi) is 6.35. The van der Waals surface area contributed by atoms with Crippen molar-refractivity contribution < 1.29 is 28.9 Å². The lowest BCUT2D eigenvalue weighted by molar-refractivity contribution is -0.144. The van der Waals surface area contributed by atoms with E-state index in [0.717, 1.165) is 12.5 Å². The van der Waals surface area contributed by atoms with Gasteiger partial charge in [0.15, 0.2) is 11.5 Å². The lowest BCUT2D eigenvalue weighted by atomic mass is 9.83. The number of carbonyl (C=O) groups excluding carboxylic acids is 1. The van der Waals surface area contributed by atoms with Crippen LogP contribution in [0.1, 0.15) is 56.3 Å². The predicted octanol–water partition coefficient (Wildman–Crippen LogP) is 4.67. The number of benzene rings is 1. The van der Waals surface area contributed by atoms with Crippen LogP contribution in [0, 0.1) is 0 Å². The highest BCUT2D eigenvalue weighted by Crippen LogP contribution is 2.40. The molecule has 9 heteroatoms. The second-order valence-electron chi connectivity index (χ2n) is 8.76.